The van der Waals surface area contributed by atoms with E-state index in [0.29, 0.717) is 12.4 Å². The molecule has 0 bridgehead atoms. The molecule has 5 nitrogen and oxygen atoms in total. The Balaban J connectivity index is 1.84. The van der Waals surface area contributed by atoms with Gasteiger partial charge in [-0.05, 0) is 37.6 Å². The van der Waals surface area contributed by atoms with Crippen molar-refractivity contribution < 1.29 is 17.9 Å². The van der Waals surface area contributed by atoms with Crippen molar-refractivity contribution in [3.8, 4) is 5.75 Å². The normalized spacial score (nSPS) is 22.4. The SMILES string of the molecule is CCNCC1CCC(COc2cccc(S(C)(=O)=O)c2)O1. The summed E-state index contributed by atoms with van der Waals surface area (Å²) < 4.78 is 34.5. The molecule has 2 rings (SSSR count). The first kappa shape index (κ1) is 16.3. The van der Waals surface area contributed by atoms with Gasteiger partial charge in [0.05, 0.1) is 17.1 Å². The molecule has 2 atom stereocenters. The van der Waals surface area contributed by atoms with Gasteiger partial charge in [-0.1, -0.05) is 13.0 Å². The molecular formula is C15H23NO4S. The van der Waals surface area contributed by atoms with Crippen LogP contribution in [-0.2, 0) is 14.6 Å². The Bertz CT molecular complexity index is 559. The highest BCUT2D eigenvalue weighted by Gasteiger charge is 2.25. The average Bonchev–Trinajstić information content (AvgIpc) is 2.90. The van der Waals surface area contributed by atoms with Gasteiger partial charge in [-0.25, -0.2) is 8.42 Å². The van der Waals surface area contributed by atoms with Gasteiger partial charge in [0.25, 0.3) is 0 Å². The molecule has 1 aromatic rings. The molecule has 1 aromatic carbocycles. The summed E-state index contributed by atoms with van der Waals surface area (Å²) in [6.07, 6.45) is 3.53. The smallest absolute Gasteiger partial charge is 0.175 e. The van der Waals surface area contributed by atoms with Crippen molar-refractivity contribution in [2.45, 2.75) is 36.9 Å². The molecule has 0 spiro atoms. The molecule has 1 aliphatic heterocycles. The molecule has 0 aliphatic carbocycles. The van der Waals surface area contributed by atoms with E-state index < -0.39 is 9.84 Å². The number of ether oxygens (including phenoxy) is 2. The fourth-order valence-electron chi connectivity index (χ4n) is 2.34. The summed E-state index contributed by atoms with van der Waals surface area (Å²) in [4.78, 5) is 0.275. The van der Waals surface area contributed by atoms with Crippen LogP contribution in [0.5, 0.6) is 5.75 Å². The molecule has 0 radical (unpaired) electrons. The van der Waals surface area contributed by atoms with E-state index in [2.05, 4.69) is 12.2 Å². The Morgan fingerprint density at radius 3 is 2.81 bits per heavy atom. The first-order valence-corrected chi connectivity index (χ1v) is 9.17. The lowest BCUT2D eigenvalue weighted by Crippen LogP contribution is -2.28. The van der Waals surface area contributed by atoms with Crippen LogP contribution < -0.4 is 10.1 Å². The summed E-state index contributed by atoms with van der Waals surface area (Å²) in [5.41, 5.74) is 0. The van der Waals surface area contributed by atoms with Gasteiger partial charge in [0.2, 0.25) is 0 Å². The number of rotatable bonds is 7. The summed E-state index contributed by atoms with van der Waals surface area (Å²) in [5.74, 6) is 0.566. The van der Waals surface area contributed by atoms with Crippen molar-refractivity contribution in [2.75, 3.05) is 26.0 Å². The second kappa shape index (κ2) is 7.24. The van der Waals surface area contributed by atoms with Crippen molar-refractivity contribution in [2.24, 2.45) is 0 Å². The lowest BCUT2D eigenvalue weighted by molar-refractivity contribution is 0.0187. The van der Waals surface area contributed by atoms with E-state index in [0.717, 1.165) is 25.9 Å². The van der Waals surface area contributed by atoms with E-state index in [1.807, 2.05) is 0 Å². The zero-order valence-corrected chi connectivity index (χ0v) is 13.4. The minimum absolute atomic E-state index is 0.0792. The van der Waals surface area contributed by atoms with Gasteiger partial charge in [-0.3, -0.25) is 0 Å². The van der Waals surface area contributed by atoms with E-state index in [9.17, 15) is 8.42 Å². The summed E-state index contributed by atoms with van der Waals surface area (Å²) >= 11 is 0. The van der Waals surface area contributed by atoms with Gasteiger partial charge in [0.15, 0.2) is 9.84 Å². The number of benzene rings is 1. The van der Waals surface area contributed by atoms with Crippen LogP contribution in [0.15, 0.2) is 29.2 Å². The molecule has 1 saturated heterocycles. The molecular weight excluding hydrogens is 290 g/mol. The molecule has 118 valence electrons. The lowest BCUT2D eigenvalue weighted by atomic mass is 10.2. The molecule has 0 aromatic heterocycles. The quantitative estimate of drug-likeness (QED) is 0.829. The number of nitrogens with one attached hydrogen (secondary N) is 1. The van der Waals surface area contributed by atoms with Crippen LogP contribution in [0.25, 0.3) is 0 Å². The Labute approximate surface area is 126 Å². The van der Waals surface area contributed by atoms with E-state index >= 15 is 0 Å². The third kappa shape index (κ3) is 4.98. The minimum atomic E-state index is -3.20. The number of sulfone groups is 1. The first-order valence-electron chi connectivity index (χ1n) is 7.28. The monoisotopic (exact) mass is 313 g/mol. The number of hydrogen-bond acceptors (Lipinski definition) is 5. The Morgan fingerprint density at radius 1 is 1.33 bits per heavy atom. The van der Waals surface area contributed by atoms with E-state index in [4.69, 9.17) is 9.47 Å². The maximum Gasteiger partial charge on any atom is 0.175 e. The molecule has 0 saturated carbocycles. The average molecular weight is 313 g/mol. The zero-order valence-electron chi connectivity index (χ0n) is 12.5. The molecule has 1 heterocycles. The van der Waals surface area contributed by atoms with Gasteiger partial charge >= 0.3 is 0 Å². The predicted octanol–water partition coefficient (Wildman–Crippen LogP) is 1.63. The third-order valence-corrected chi connectivity index (χ3v) is 4.60. The van der Waals surface area contributed by atoms with Crippen LogP contribution in [0.2, 0.25) is 0 Å². The highest BCUT2D eigenvalue weighted by atomic mass is 32.2. The van der Waals surface area contributed by atoms with E-state index in [1.54, 1.807) is 24.3 Å². The lowest BCUT2D eigenvalue weighted by Gasteiger charge is -2.15. The van der Waals surface area contributed by atoms with Gasteiger partial charge in [0, 0.05) is 12.8 Å². The maximum absolute atomic E-state index is 11.5. The van der Waals surface area contributed by atoms with Crippen molar-refractivity contribution in [1.82, 2.24) is 5.32 Å². The highest BCUT2D eigenvalue weighted by molar-refractivity contribution is 7.90. The van der Waals surface area contributed by atoms with Crippen LogP contribution >= 0.6 is 0 Å². The predicted molar refractivity (Wildman–Crippen MR) is 81.5 cm³/mol. The maximum atomic E-state index is 11.5. The molecule has 21 heavy (non-hydrogen) atoms. The third-order valence-electron chi connectivity index (χ3n) is 3.49. The molecule has 1 aliphatic rings. The van der Waals surface area contributed by atoms with E-state index in [-0.39, 0.29) is 17.1 Å². The second-order valence-electron chi connectivity index (χ2n) is 5.32. The minimum Gasteiger partial charge on any atom is -0.491 e. The molecule has 1 fully saturated rings. The summed E-state index contributed by atoms with van der Waals surface area (Å²) in [6.45, 7) is 4.34. The van der Waals surface area contributed by atoms with Crippen LogP contribution in [0.1, 0.15) is 19.8 Å². The van der Waals surface area contributed by atoms with Gasteiger partial charge in [0.1, 0.15) is 12.4 Å². The van der Waals surface area contributed by atoms with Crippen molar-refractivity contribution in [3.63, 3.8) is 0 Å². The first-order chi connectivity index (χ1) is 9.99. The largest absolute Gasteiger partial charge is 0.491 e. The Morgan fingerprint density at radius 2 is 2.10 bits per heavy atom. The standard InChI is InChI=1S/C15H23NO4S/c1-3-16-10-13-7-8-14(20-13)11-19-12-5-4-6-15(9-12)21(2,17)18/h4-6,9,13-14,16H,3,7-8,10-11H2,1-2H3. The van der Waals surface area contributed by atoms with Gasteiger partial charge in [-0.15, -0.1) is 0 Å². The van der Waals surface area contributed by atoms with Crippen LogP contribution in [0.3, 0.4) is 0 Å². The van der Waals surface area contributed by atoms with Crippen LogP contribution in [0.4, 0.5) is 0 Å². The van der Waals surface area contributed by atoms with Crippen LogP contribution in [0, 0.1) is 0 Å². The van der Waals surface area contributed by atoms with Crippen molar-refractivity contribution in [1.29, 1.82) is 0 Å². The summed E-state index contributed by atoms with van der Waals surface area (Å²) in [7, 11) is -3.20. The summed E-state index contributed by atoms with van der Waals surface area (Å²) in [6, 6.07) is 6.58. The molecule has 0 amide bonds. The second-order valence-corrected chi connectivity index (χ2v) is 7.34. The topological polar surface area (TPSA) is 64.6 Å². The highest BCUT2D eigenvalue weighted by Crippen LogP contribution is 2.22. The van der Waals surface area contributed by atoms with Crippen molar-refractivity contribution >= 4 is 9.84 Å². The van der Waals surface area contributed by atoms with E-state index in [1.165, 1.54) is 6.26 Å². The van der Waals surface area contributed by atoms with Gasteiger partial charge in [-0.2, -0.15) is 0 Å². The zero-order chi connectivity index (χ0) is 15.3. The Kier molecular flexibility index (Phi) is 5.61. The fraction of sp³-hybridized carbons (Fsp3) is 0.600. The molecule has 6 heteroatoms. The molecule has 2 unspecified atom stereocenters. The number of hydrogen-bond donors (Lipinski definition) is 1. The summed E-state index contributed by atoms with van der Waals surface area (Å²) in [5, 5.41) is 3.28. The van der Waals surface area contributed by atoms with Crippen LogP contribution in [-0.4, -0.2) is 46.6 Å². The molecule has 1 N–H and O–H groups in total. The van der Waals surface area contributed by atoms with Crippen molar-refractivity contribution in [3.05, 3.63) is 24.3 Å². The number of likely N-dealkylation sites (N-methyl/N-ethyl adjacent to an activating group) is 1. The Hall–Kier alpha value is -1.11. The van der Waals surface area contributed by atoms with Gasteiger partial charge < -0.3 is 14.8 Å². The fourth-order valence-corrected chi connectivity index (χ4v) is 3.00.